The number of nitrogens with one attached hydrogen (secondary N) is 2. The number of hydrogen-bond donors (Lipinski definition) is 2. The Balaban J connectivity index is 3.80. The van der Waals surface area contributed by atoms with E-state index in [0.29, 0.717) is 11.3 Å². The second kappa shape index (κ2) is 10.8. The molecule has 0 saturated carbocycles. The lowest BCUT2D eigenvalue weighted by molar-refractivity contribution is 0.547. The monoisotopic (exact) mass is 259 g/mol. The van der Waals surface area contributed by atoms with Gasteiger partial charge < -0.3 is 10.6 Å². The first-order valence-electron chi connectivity index (χ1n) is 6.64. The number of rotatable bonds is 8. The maximum Gasteiger partial charge on any atom is 0.191 e. The molecule has 0 aliphatic rings. The lowest BCUT2D eigenvalue weighted by atomic mass is 10.1. The fraction of sp³-hybridized carbons (Fsp3) is 0.923. The van der Waals surface area contributed by atoms with Crippen molar-refractivity contribution in [3.05, 3.63) is 0 Å². The van der Waals surface area contributed by atoms with E-state index in [1.807, 2.05) is 18.8 Å². The Morgan fingerprint density at radius 2 is 2.00 bits per heavy atom. The van der Waals surface area contributed by atoms with Gasteiger partial charge in [0.1, 0.15) is 0 Å². The highest BCUT2D eigenvalue weighted by Crippen LogP contribution is 2.04. The van der Waals surface area contributed by atoms with Crippen molar-refractivity contribution in [3.8, 4) is 0 Å². The normalized spacial score (nSPS) is 15.5. The van der Waals surface area contributed by atoms with Crippen LogP contribution >= 0.6 is 11.8 Å². The van der Waals surface area contributed by atoms with Crippen molar-refractivity contribution in [2.45, 2.75) is 57.7 Å². The average molecular weight is 259 g/mol. The Morgan fingerprint density at radius 3 is 2.53 bits per heavy atom. The standard InChI is InChI=1S/C13H29N3S/c1-6-7-8-9-11(2)16-13(14-4)15-10-12(3)17-5/h11-12H,6-10H2,1-5H3,(H2,14,15,16). The van der Waals surface area contributed by atoms with Crippen LogP contribution in [0.15, 0.2) is 4.99 Å². The van der Waals surface area contributed by atoms with Crippen LogP contribution in [0.2, 0.25) is 0 Å². The van der Waals surface area contributed by atoms with Gasteiger partial charge >= 0.3 is 0 Å². The van der Waals surface area contributed by atoms with Gasteiger partial charge in [0.25, 0.3) is 0 Å². The Morgan fingerprint density at radius 1 is 1.29 bits per heavy atom. The SMILES string of the molecule is CCCCCC(C)NC(=NC)NCC(C)SC. The molecule has 17 heavy (non-hydrogen) atoms. The summed E-state index contributed by atoms with van der Waals surface area (Å²) in [6, 6.07) is 0.498. The number of hydrogen-bond acceptors (Lipinski definition) is 2. The molecule has 0 aromatic rings. The molecule has 3 nitrogen and oxygen atoms in total. The van der Waals surface area contributed by atoms with Crippen molar-refractivity contribution in [2.75, 3.05) is 19.8 Å². The molecule has 0 saturated heterocycles. The van der Waals surface area contributed by atoms with Gasteiger partial charge in [0, 0.05) is 24.9 Å². The van der Waals surface area contributed by atoms with Crippen molar-refractivity contribution in [1.82, 2.24) is 10.6 Å². The van der Waals surface area contributed by atoms with Crippen molar-refractivity contribution in [1.29, 1.82) is 0 Å². The summed E-state index contributed by atoms with van der Waals surface area (Å²) in [5.74, 6) is 0.926. The van der Waals surface area contributed by atoms with E-state index >= 15 is 0 Å². The second-order valence-corrected chi connectivity index (χ2v) is 5.82. The maximum absolute atomic E-state index is 4.25. The maximum atomic E-state index is 4.25. The molecule has 4 heteroatoms. The van der Waals surface area contributed by atoms with Crippen molar-refractivity contribution >= 4 is 17.7 Å². The molecule has 2 N–H and O–H groups in total. The lowest BCUT2D eigenvalue weighted by Gasteiger charge is -2.19. The molecule has 0 amide bonds. The molecular formula is C13H29N3S. The number of guanidine groups is 1. The predicted octanol–water partition coefficient (Wildman–Crippen LogP) is 2.87. The lowest BCUT2D eigenvalue weighted by Crippen LogP contribution is -2.44. The third kappa shape index (κ3) is 9.33. The minimum absolute atomic E-state index is 0.498. The summed E-state index contributed by atoms with van der Waals surface area (Å²) < 4.78 is 0. The van der Waals surface area contributed by atoms with E-state index in [1.165, 1.54) is 25.7 Å². The molecule has 2 unspecified atom stereocenters. The molecular weight excluding hydrogens is 230 g/mol. The largest absolute Gasteiger partial charge is 0.355 e. The highest BCUT2D eigenvalue weighted by atomic mass is 32.2. The summed E-state index contributed by atoms with van der Waals surface area (Å²) in [5.41, 5.74) is 0. The van der Waals surface area contributed by atoms with Gasteiger partial charge in [0.15, 0.2) is 5.96 Å². The van der Waals surface area contributed by atoms with Crippen LogP contribution in [-0.4, -0.2) is 37.1 Å². The van der Waals surface area contributed by atoms with Gasteiger partial charge in [0.2, 0.25) is 0 Å². The zero-order valence-corrected chi connectivity index (χ0v) is 12.9. The van der Waals surface area contributed by atoms with Crippen LogP contribution in [0.5, 0.6) is 0 Å². The molecule has 0 rings (SSSR count). The van der Waals surface area contributed by atoms with E-state index < -0.39 is 0 Å². The molecule has 0 aliphatic carbocycles. The first-order chi connectivity index (χ1) is 8.13. The van der Waals surface area contributed by atoms with Crippen LogP contribution in [0, 0.1) is 0 Å². The van der Waals surface area contributed by atoms with E-state index in [9.17, 15) is 0 Å². The molecule has 0 bridgehead atoms. The van der Waals surface area contributed by atoms with Gasteiger partial charge in [-0.2, -0.15) is 11.8 Å². The van der Waals surface area contributed by atoms with Gasteiger partial charge in [-0.25, -0.2) is 0 Å². The van der Waals surface area contributed by atoms with Gasteiger partial charge in [-0.15, -0.1) is 0 Å². The summed E-state index contributed by atoms with van der Waals surface area (Å²) in [5, 5.41) is 7.41. The fourth-order valence-electron chi connectivity index (χ4n) is 1.52. The Hall–Kier alpha value is -0.380. The van der Waals surface area contributed by atoms with Crippen LogP contribution in [0.1, 0.15) is 46.5 Å². The van der Waals surface area contributed by atoms with Crippen molar-refractivity contribution in [3.63, 3.8) is 0 Å². The molecule has 0 aliphatic heterocycles. The van der Waals surface area contributed by atoms with E-state index in [0.717, 1.165) is 12.5 Å². The average Bonchev–Trinajstić information content (AvgIpc) is 2.34. The van der Waals surface area contributed by atoms with Crippen molar-refractivity contribution < 1.29 is 0 Å². The van der Waals surface area contributed by atoms with Crippen LogP contribution in [0.25, 0.3) is 0 Å². The van der Waals surface area contributed by atoms with E-state index in [-0.39, 0.29) is 0 Å². The van der Waals surface area contributed by atoms with Crippen molar-refractivity contribution in [2.24, 2.45) is 4.99 Å². The summed E-state index contributed by atoms with van der Waals surface area (Å²) in [6.07, 6.45) is 7.25. The summed E-state index contributed by atoms with van der Waals surface area (Å²) in [6.45, 7) is 7.64. The molecule has 0 aromatic carbocycles. The molecule has 102 valence electrons. The Labute approximate surface area is 111 Å². The van der Waals surface area contributed by atoms with E-state index in [1.54, 1.807) is 0 Å². The third-order valence-electron chi connectivity index (χ3n) is 2.81. The van der Waals surface area contributed by atoms with E-state index in [2.05, 4.69) is 42.7 Å². The molecule has 0 heterocycles. The predicted molar refractivity (Wildman–Crippen MR) is 81.1 cm³/mol. The summed E-state index contributed by atoms with van der Waals surface area (Å²) in [4.78, 5) is 4.25. The smallest absolute Gasteiger partial charge is 0.191 e. The second-order valence-electron chi connectivity index (χ2n) is 4.54. The number of aliphatic imine (C=N–C) groups is 1. The number of thioether (sulfide) groups is 1. The molecule has 0 spiro atoms. The highest BCUT2D eigenvalue weighted by molar-refractivity contribution is 7.99. The first kappa shape index (κ1) is 16.6. The van der Waals surface area contributed by atoms with Crippen LogP contribution < -0.4 is 10.6 Å². The van der Waals surface area contributed by atoms with E-state index in [4.69, 9.17) is 0 Å². The fourth-order valence-corrected chi connectivity index (χ4v) is 1.77. The first-order valence-corrected chi connectivity index (χ1v) is 7.92. The molecule has 0 radical (unpaired) electrons. The van der Waals surface area contributed by atoms with Gasteiger partial charge in [-0.1, -0.05) is 33.1 Å². The van der Waals surface area contributed by atoms with Crippen LogP contribution in [-0.2, 0) is 0 Å². The summed E-state index contributed by atoms with van der Waals surface area (Å²) in [7, 11) is 1.83. The zero-order chi connectivity index (χ0) is 13.1. The third-order valence-corrected chi connectivity index (χ3v) is 3.78. The molecule has 0 aromatic heterocycles. The Bertz CT molecular complexity index is 207. The summed E-state index contributed by atoms with van der Waals surface area (Å²) >= 11 is 1.87. The number of unbranched alkanes of at least 4 members (excludes halogenated alkanes) is 2. The Kier molecular flexibility index (Phi) is 10.5. The van der Waals surface area contributed by atoms with Crippen LogP contribution in [0.3, 0.4) is 0 Å². The van der Waals surface area contributed by atoms with Crippen LogP contribution in [0.4, 0.5) is 0 Å². The topological polar surface area (TPSA) is 36.4 Å². The van der Waals surface area contributed by atoms with Gasteiger partial charge in [0.05, 0.1) is 0 Å². The number of nitrogens with zero attached hydrogens (tertiary/aromatic N) is 1. The van der Waals surface area contributed by atoms with Gasteiger partial charge in [-0.05, 0) is 19.6 Å². The molecule has 0 fully saturated rings. The zero-order valence-electron chi connectivity index (χ0n) is 12.0. The minimum Gasteiger partial charge on any atom is -0.355 e. The minimum atomic E-state index is 0.498. The highest BCUT2D eigenvalue weighted by Gasteiger charge is 2.06. The van der Waals surface area contributed by atoms with Gasteiger partial charge in [-0.3, -0.25) is 4.99 Å². The quantitative estimate of drug-likeness (QED) is 0.400. The molecule has 2 atom stereocenters.